The summed E-state index contributed by atoms with van der Waals surface area (Å²) in [6, 6.07) is 10.0. The molecule has 0 N–H and O–H groups in total. The third kappa shape index (κ3) is 5.33. The number of carbonyl (C=O) groups excluding carboxylic acids is 2. The number of hydrogen-bond donors (Lipinski definition) is 0. The van der Waals surface area contributed by atoms with Gasteiger partial charge < -0.3 is 14.2 Å². The van der Waals surface area contributed by atoms with Gasteiger partial charge in [-0.1, -0.05) is 59.3 Å². The predicted molar refractivity (Wildman–Crippen MR) is 127 cm³/mol. The molecule has 1 amide bonds. The monoisotopic (exact) mass is 497 g/mol. The zero-order valence-corrected chi connectivity index (χ0v) is 19.7. The SMILES string of the molecule is CCOC(=O)COc1c(/C=C2\SC(=S)N(c3ccc(Cl)c(Cl)c3)C2=O)cccc1OC. The molecule has 0 radical (unpaired) electrons. The van der Waals surface area contributed by atoms with Crippen LogP contribution in [0, 0.1) is 0 Å². The summed E-state index contributed by atoms with van der Waals surface area (Å²) in [4.78, 5) is 26.5. The molecule has 0 aromatic heterocycles. The van der Waals surface area contributed by atoms with Crippen LogP contribution < -0.4 is 14.4 Å². The number of halogens is 2. The Kier molecular flexibility index (Phi) is 7.83. The summed E-state index contributed by atoms with van der Waals surface area (Å²) >= 11 is 18.6. The van der Waals surface area contributed by atoms with Crippen LogP contribution in [0.4, 0.5) is 5.69 Å². The normalized spacial score (nSPS) is 14.8. The number of thioether (sulfide) groups is 1. The molecule has 2 aromatic carbocycles. The zero-order chi connectivity index (χ0) is 22.5. The zero-order valence-electron chi connectivity index (χ0n) is 16.5. The Morgan fingerprint density at radius 1 is 1.23 bits per heavy atom. The minimum Gasteiger partial charge on any atom is -0.493 e. The van der Waals surface area contributed by atoms with Crippen molar-refractivity contribution in [1.29, 1.82) is 0 Å². The topological polar surface area (TPSA) is 65.1 Å². The summed E-state index contributed by atoms with van der Waals surface area (Å²) in [6.07, 6.45) is 1.64. The second kappa shape index (κ2) is 10.4. The van der Waals surface area contributed by atoms with Crippen LogP contribution in [0.15, 0.2) is 41.3 Å². The number of ether oxygens (including phenoxy) is 3. The Hall–Kier alpha value is -2.26. The molecule has 162 valence electrons. The highest BCUT2D eigenvalue weighted by atomic mass is 35.5. The number of anilines is 1. The highest BCUT2D eigenvalue weighted by Gasteiger charge is 2.34. The van der Waals surface area contributed by atoms with E-state index in [1.165, 1.54) is 12.0 Å². The van der Waals surface area contributed by atoms with Crippen molar-refractivity contribution < 1.29 is 23.8 Å². The molecule has 2 aromatic rings. The Balaban J connectivity index is 1.92. The van der Waals surface area contributed by atoms with E-state index in [1.54, 1.807) is 49.4 Å². The lowest BCUT2D eigenvalue weighted by atomic mass is 10.1. The van der Waals surface area contributed by atoms with Gasteiger partial charge in [-0.2, -0.15) is 0 Å². The predicted octanol–water partition coefficient (Wildman–Crippen LogP) is 5.35. The van der Waals surface area contributed by atoms with Crippen molar-refractivity contribution in [3.05, 3.63) is 56.9 Å². The van der Waals surface area contributed by atoms with Crippen LogP contribution in [0.3, 0.4) is 0 Å². The summed E-state index contributed by atoms with van der Waals surface area (Å²) < 4.78 is 16.2. The summed E-state index contributed by atoms with van der Waals surface area (Å²) in [5, 5.41) is 0.700. The van der Waals surface area contributed by atoms with Crippen molar-refractivity contribution in [1.82, 2.24) is 0 Å². The van der Waals surface area contributed by atoms with Gasteiger partial charge in [-0.25, -0.2) is 4.79 Å². The first-order valence-electron chi connectivity index (χ1n) is 9.04. The number of para-hydroxylation sites is 1. The van der Waals surface area contributed by atoms with Crippen LogP contribution in [-0.2, 0) is 14.3 Å². The van der Waals surface area contributed by atoms with E-state index in [1.807, 2.05) is 0 Å². The molecule has 1 saturated heterocycles. The van der Waals surface area contributed by atoms with Gasteiger partial charge in [0.15, 0.2) is 22.4 Å². The summed E-state index contributed by atoms with van der Waals surface area (Å²) in [5.41, 5.74) is 1.07. The molecule has 1 fully saturated rings. The lowest BCUT2D eigenvalue weighted by molar-refractivity contribution is -0.145. The van der Waals surface area contributed by atoms with Crippen LogP contribution in [0.25, 0.3) is 6.08 Å². The molecule has 3 rings (SSSR count). The van der Waals surface area contributed by atoms with Gasteiger partial charge >= 0.3 is 5.97 Å². The highest BCUT2D eigenvalue weighted by molar-refractivity contribution is 8.27. The molecule has 0 atom stereocenters. The number of amides is 1. The third-order valence-electron chi connectivity index (χ3n) is 4.11. The van der Waals surface area contributed by atoms with E-state index in [4.69, 9.17) is 49.6 Å². The van der Waals surface area contributed by atoms with Gasteiger partial charge in [0.2, 0.25) is 0 Å². The fourth-order valence-corrected chi connectivity index (χ4v) is 4.33. The maximum absolute atomic E-state index is 13.1. The van der Waals surface area contributed by atoms with E-state index in [2.05, 4.69) is 0 Å². The Morgan fingerprint density at radius 2 is 2.00 bits per heavy atom. The van der Waals surface area contributed by atoms with Crippen LogP contribution in [0.1, 0.15) is 12.5 Å². The van der Waals surface area contributed by atoms with Gasteiger partial charge in [0.1, 0.15) is 0 Å². The summed E-state index contributed by atoms with van der Waals surface area (Å²) in [5.74, 6) is -0.0892. The van der Waals surface area contributed by atoms with Crippen molar-refractivity contribution in [3.8, 4) is 11.5 Å². The molecule has 0 bridgehead atoms. The highest BCUT2D eigenvalue weighted by Crippen LogP contribution is 2.40. The number of carbonyl (C=O) groups is 2. The van der Waals surface area contributed by atoms with E-state index in [0.717, 1.165) is 11.8 Å². The van der Waals surface area contributed by atoms with Crippen molar-refractivity contribution in [2.45, 2.75) is 6.92 Å². The fraction of sp³-hybridized carbons (Fsp3) is 0.190. The smallest absolute Gasteiger partial charge is 0.344 e. The van der Waals surface area contributed by atoms with Crippen LogP contribution >= 0.6 is 47.2 Å². The van der Waals surface area contributed by atoms with Crippen LogP contribution in [-0.4, -0.2) is 36.5 Å². The van der Waals surface area contributed by atoms with Crippen LogP contribution in [0.5, 0.6) is 11.5 Å². The summed E-state index contributed by atoms with van der Waals surface area (Å²) in [6.45, 7) is 1.67. The largest absolute Gasteiger partial charge is 0.493 e. The number of benzene rings is 2. The summed E-state index contributed by atoms with van der Waals surface area (Å²) in [7, 11) is 1.49. The molecule has 1 aliphatic rings. The molecule has 10 heteroatoms. The maximum Gasteiger partial charge on any atom is 0.344 e. The van der Waals surface area contributed by atoms with E-state index in [-0.39, 0.29) is 19.1 Å². The van der Waals surface area contributed by atoms with E-state index >= 15 is 0 Å². The second-order valence-electron chi connectivity index (χ2n) is 6.09. The molecule has 0 spiro atoms. The Bertz CT molecular complexity index is 1070. The first-order valence-corrected chi connectivity index (χ1v) is 11.0. The van der Waals surface area contributed by atoms with E-state index in [0.29, 0.717) is 42.0 Å². The standard InChI is InChI=1S/C21H17Cl2NO5S2/c1-3-28-18(25)11-29-19-12(5-4-6-16(19)27-2)9-17-20(26)24(21(30)31-17)13-7-8-14(22)15(23)10-13/h4-10H,3,11H2,1-2H3/b17-9-. The molecule has 6 nitrogen and oxygen atoms in total. The van der Waals surface area contributed by atoms with Crippen molar-refractivity contribution in [3.63, 3.8) is 0 Å². The minimum atomic E-state index is -0.509. The number of rotatable bonds is 7. The van der Waals surface area contributed by atoms with E-state index < -0.39 is 5.97 Å². The van der Waals surface area contributed by atoms with E-state index in [9.17, 15) is 9.59 Å². The average molecular weight is 498 g/mol. The van der Waals surface area contributed by atoms with Gasteiger partial charge in [0.25, 0.3) is 5.91 Å². The molecular formula is C21H17Cl2NO5S2. The lowest BCUT2D eigenvalue weighted by Crippen LogP contribution is -2.27. The fourth-order valence-electron chi connectivity index (χ4n) is 2.75. The van der Waals surface area contributed by atoms with Crippen LogP contribution in [0.2, 0.25) is 10.0 Å². The molecule has 0 saturated carbocycles. The first kappa shape index (κ1) is 23.4. The molecular weight excluding hydrogens is 481 g/mol. The lowest BCUT2D eigenvalue weighted by Gasteiger charge is -2.15. The molecule has 31 heavy (non-hydrogen) atoms. The first-order chi connectivity index (χ1) is 14.8. The quantitative estimate of drug-likeness (QED) is 0.290. The molecule has 1 aliphatic heterocycles. The van der Waals surface area contributed by atoms with Gasteiger partial charge in [0, 0.05) is 5.56 Å². The second-order valence-corrected chi connectivity index (χ2v) is 8.58. The molecule has 0 unspecified atom stereocenters. The number of methoxy groups -OCH3 is 1. The number of thiocarbonyl (C=S) groups is 1. The Labute approximate surface area is 199 Å². The average Bonchev–Trinajstić information content (AvgIpc) is 3.02. The number of nitrogens with zero attached hydrogens (tertiary/aromatic N) is 1. The minimum absolute atomic E-state index is 0.248. The third-order valence-corrected chi connectivity index (χ3v) is 6.15. The maximum atomic E-state index is 13.1. The molecule has 0 aliphatic carbocycles. The van der Waals surface area contributed by atoms with Gasteiger partial charge in [-0.15, -0.1) is 0 Å². The Morgan fingerprint density at radius 3 is 2.68 bits per heavy atom. The van der Waals surface area contributed by atoms with Crippen molar-refractivity contribution in [2.24, 2.45) is 0 Å². The number of esters is 1. The van der Waals surface area contributed by atoms with Crippen molar-refractivity contribution >= 4 is 75.1 Å². The van der Waals surface area contributed by atoms with Gasteiger partial charge in [-0.3, -0.25) is 9.69 Å². The van der Waals surface area contributed by atoms with Gasteiger partial charge in [0.05, 0.1) is 34.4 Å². The number of hydrogen-bond acceptors (Lipinski definition) is 7. The van der Waals surface area contributed by atoms with Crippen molar-refractivity contribution in [2.75, 3.05) is 25.2 Å². The molecule has 1 heterocycles. The van der Waals surface area contributed by atoms with Gasteiger partial charge in [-0.05, 0) is 37.3 Å².